The van der Waals surface area contributed by atoms with Crippen LogP contribution < -0.4 is 14.4 Å². The largest absolute Gasteiger partial charge is 0.490 e. The number of carbonyl (C=O) groups excluding carboxylic acids is 1. The van der Waals surface area contributed by atoms with Crippen molar-refractivity contribution in [2.75, 3.05) is 57.4 Å². The summed E-state index contributed by atoms with van der Waals surface area (Å²) in [4.78, 5) is 28.1. The number of hydrogen-bond donors (Lipinski definition) is 0. The number of carbonyl (C=O) groups is 1. The van der Waals surface area contributed by atoms with Crippen LogP contribution in [0.3, 0.4) is 0 Å². The van der Waals surface area contributed by atoms with Gasteiger partial charge in [0.1, 0.15) is 0 Å². The van der Waals surface area contributed by atoms with E-state index in [1.165, 1.54) is 5.56 Å². The highest BCUT2D eigenvalue weighted by Gasteiger charge is 2.31. The van der Waals surface area contributed by atoms with Crippen molar-refractivity contribution < 1.29 is 14.3 Å². The lowest BCUT2D eigenvalue weighted by Crippen LogP contribution is -2.51. The van der Waals surface area contributed by atoms with Crippen molar-refractivity contribution in [1.82, 2.24) is 19.8 Å². The van der Waals surface area contributed by atoms with E-state index in [0.29, 0.717) is 32.8 Å². The third-order valence-corrected chi connectivity index (χ3v) is 6.33. The van der Waals surface area contributed by atoms with E-state index in [4.69, 9.17) is 9.47 Å². The molecular formula is C23H29N5O3. The van der Waals surface area contributed by atoms with Crippen LogP contribution in [0.15, 0.2) is 36.7 Å². The summed E-state index contributed by atoms with van der Waals surface area (Å²) in [5, 5.41) is 0. The van der Waals surface area contributed by atoms with Crippen LogP contribution in [0.25, 0.3) is 0 Å². The SMILES string of the molecule is O=C(CN1CCC[C@H]1c1ccc2c(c1)OCCCO2)N1CCN(c2ncccn2)CC1. The normalized spacial score (nSPS) is 21.7. The summed E-state index contributed by atoms with van der Waals surface area (Å²) < 4.78 is 11.6. The van der Waals surface area contributed by atoms with Crippen molar-refractivity contribution in [2.24, 2.45) is 0 Å². The minimum atomic E-state index is 0.204. The number of rotatable bonds is 4. The van der Waals surface area contributed by atoms with E-state index < -0.39 is 0 Å². The Morgan fingerprint density at radius 1 is 0.968 bits per heavy atom. The highest BCUT2D eigenvalue weighted by atomic mass is 16.5. The van der Waals surface area contributed by atoms with E-state index >= 15 is 0 Å². The molecule has 0 unspecified atom stereocenters. The topological polar surface area (TPSA) is 71.0 Å². The van der Waals surface area contributed by atoms with Crippen LogP contribution in [0.2, 0.25) is 0 Å². The van der Waals surface area contributed by atoms with Gasteiger partial charge < -0.3 is 19.3 Å². The third kappa shape index (κ3) is 4.44. The van der Waals surface area contributed by atoms with E-state index in [2.05, 4.69) is 31.9 Å². The maximum absolute atomic E-state index is 13.0. The molecule has 1 amide bonds. The van der Waals surface area contributed by atoms with Crippen molar-refractivity contribution in [2.45, 2.75) is 25.3 Å². The van der Waals surface area contributed by atoms with Crippen molar-refractivity contribution in [3.8, 4) is 11.5 Å². The molecule has 0 spiro atoms. The van der Waals surface area contributed by atoms with Crippen molar-refractivity contribution in [1.29, 1.82) is 0 Å². The minimum Gasteiger partial charge on any atom is -0.490 e. The van der Waals surface area contributed by atoms with Crippen LogP contribution in [-0.2, 0) is 4.79 Å². The van der Waals surface area contributed by atoms with Crippen molar-refractivity contribution in [3.05, 3.63) is 42.2 Å². The summed E-state index contributed by atoms with van der Waals surface area (Å²) in [6, 6.07) is 8.31. The second-order valence-electron chi connectivity index (χ2n) is 8.30. The molecule has 3 aliphatic rings. The first-order chi connectivity index (χ1) is 15.3. The summed E-state index contributed by atoms with van der Waals surface area (Å²) in [6.07, 6.45) is 6.58. The molecule has 0 saturated carbocycles. The first-order valence-electron chi connectivity index (χ1n) is 11.2. The number of nitrogens with zero attached hydrogens (tertiary/aromatic N) is 5. The van der Waals surface area contributed by atoms with Gasteiger partial charge in [0.25, 0.3) is 0 Å². The van der Waals surface area contributed by atoms with Crippen molar-refractivity contribution in [3.63, 3.8) is 0 Å². The molecule has 0 radical (unpaired) electrons. The van der Waals surface area contributed by atoms with Gasteiger partial charge in [0.05, 0.1) is 19.8 Å². The zero-order chi connectivity index (χ0) is 21.0. The number of fused-ring (bicyclic) bond motifs is 1. The van der Waals surface area contributed by atoms with E-state index in [1.54, 1.807) is 12.4 Å². The Balaban J connectivity index is 1.20. The van der Waals surface area contributed by atoms with E-state index in [9.17, 15) is 4.79 Å². The summed E-state index contributed by atoms with van der Waals surface area (Å²) in [7, 11) is 0. The molecular weight excluding hydrogens is 394 g/mol. The van der Waals surface area contributed by atoms with Crippen LogP contribution in [0.4, 0.5) is 5.95 Å². The molecule has 3 aliphatic heterocycles. The first kappa shape index (κ1) is 20.1. The number of benzene rings is 1. The van der Waals surface area contributed by atoms with Gasteiger partial charge in [0.15, 0.2) is 11.5 Å². The summed E-state index contributed by atoms with van der Waals surface area (Å²) >= 11 is 0. The Morgan fingerprint density at radius 3 is 2.55 bits per heavy atom. The Hall–Kier alpha value is -2.87. The number of aromatic nitrogens is 2. The van der Waals surface area contributed by atoms with Crippen LogP contribution in [0.5, 0.6) is 11.5 Å². The van der Waals surface area contributed by atoms with Gasteiger partial charge in [-0.3, -0.25) is 9.69 Å². The zero-order valence-corrected chi connectivity index (χ0v) is 17.8. The molecule has 0 aliphatic carbocycles. The lowest BCUT2D eigenvalue weighted by Gasteiger charge is -2.36. The van der Waals surface area contributed by atoms with Gasteiger partial charge in [-0.2, -0.15) is 0 Å². The molecule has 8 nitrogen and oxygen atoms in total. The lowest BCUT2D eigenvalue weighted by molar-refractivity contribution is -0.133. The number of anilines is 1. The molecule has 164 valence electrons. The quantitative estimate of drug-likeness (QED) is 0.746. The van der Waals surface area contributed by atoms with Crippen LogP contribution in [0, 0.1) is 0 Å². The van der Waals surface area contributed by atoms with Crippen LogP contribution in [0.1, 0.15) is 30.9 Å². The molecule has 1 atom stereocenters. The Bertz CT molecular complexity index is 901. The molecule has 2 saturated heterocycles. The van der Waals surface area contributed by atoms with Gasteiger partial charge >= 0.3 is 0 Å². The van der Waals surface area contributed by atoms with Gasteiger partial charge in [0.2, 0.25) is 11.9 Å². The summed E-state index contributed by atoms with van der Waals surface area (Å²) in [5.41, 5.74) is 1.21. The Kier molecular flexibility index (Phi) is 5.88. The average Bonchev–Trinajstić information content (AvgIpc) is 3.15. The highest BCUT2D eigenvalue weighted by molar-refractivity contribution is 5.78. The summed E-state index contributed by atoms with van der Waals surface area (Å²) in [5.74, 6) is 2.59. The van der Waals surface area contributed by atoms with Gasteiger partial charge in [0, 0.05) is 51.0 Å². The first-order valence-corrected chi connectivity index (χ1v) is 11.2. The van der Waals surface area contributed by atoms with Crippen LogP contribution in [-0.4, -0.2) is 78.2 Å². The van der Waals surface area contributed by atoms with E-state index in [0.717, 1.165) is 56.3 Å². The Morgan fingerprint density at radius 2 is 1.74 bits per heavy atom. The molecule has 31 heavy (non-hydrogen) atoms. The van der Waals surface area contributed by atoms with Gasteiger partial charge in [-0.25, -0.2) is 9.97 Å². The fraction of sp³-hybridized carbons (Fsp3) is 0.522. The Labute approximate surface area is 182 Å². The maximum atomic E-state index is 13.0. The highest BCUT2D eigenvalue weighted by Crippen LogP contribution is 2.37. The van der Waals surface area contributed by atoms with Gasteiger partial charge in [-0.15, -0.1) is 0 Å². The predicted molar refractivity (Wildman–Crippen MR) is 116 cm³/mol. The van der Waals surface area contributed by atoms with Crippen LogP contribution >= 0.6 is 0 Å². The fourth-order valence-corrected chi connectivity index (χ4v) is 4.66. The summed E-state index contributed by atoms with van der Waals surface area (Å²) in [6.45, 7) is 5.73. The predicted octanol–water partition coefficient (Wildman–Crippen LogP) is 2.12. The van der Waals surface area contributed by atoms with Gasteiger partial charge in [-0.05, 0) is 43.1 Å². The second kappa shape index (κ2) is 9.09. The second-order valence-corrected chi connectivity index (χ2v) is 8.30. The smallest absolute Gasteiger partial charge is 0.236 e. The molecule has 1 aromatic carbocycles. The molecule has 2 fully saturated rings. The molecule has 5 rings (SSSR count). The monoisotopic (exact) mass is 423 g/mol. The van der Waals surface area contributed by atoms with Crippen molar-refractivity contribution >= 4 is 11.9 Å². The lowest BCUT2D eigenvalue weighted by atomic mass is 10.0. The minimum absolute atomic E-state index is 0.204. The average molecular weight is 424 g/mol. The molecule has 0 N–H and O–H groups in total. The number of likely N-dealkylation sites (tertiary alicyclic amines) is 1. The zero-order valence-electron chi connectivity index (χ0n) is 17.8. The molecule has 8 heteroatoms. The molecule has 1 aromatic heterocycles. The molecule has 0 bridgehead atoms. The third-order valence-electron chi connectivity index (χ3n) is 6.33. The maximum Gasteiger partial charge on any atom is 0.236 e. The fourth-order valence-electron chi connectivity index (χ4n) is 4.66. The number of ether oxygens (including phenoxy) is 2. The molecule has 4 heterocycles. The number of piperazine rings is 1. The van der Waals surface area contributed by atoms with E-state index in [-0.39, 0.29) is 11.9 Å². The molecule has 2 aromatic rings. The van der Waals surface area contributed by atoms with E-state index in [1.807, 2.05) is 17.0 Å². The van der Waals surface area contributed by atoms with Gasteiger partial charge in [-0.1, -0.05) is 6.07 Å². The number of amides is 1. The standard InChI is InChI=1S/C23H29N5O3/c29-22(26-10-12-27(13-11-26)23-24-7-2-8-25-23)17-28-9-1-4-19(28)18-5-6-20-21(16-18)31-15-3-14-30-20/h2,5-8,16,19H,1,3-4,9-15,17H2/t19-/m0/s1. The number of hydrogen-bond acceptors (Lipinski definition) is 7.